The van der Waals surface area contributed by atoms with E-state index in [1.807, 2.05) is 44.4 Å². The first-order chi connectivity index (χ1) is 12.5. The van der Waals surface area contributed by atoms with Gasteiger partial charge in [0.2, 0.25) is 5.91 Å². The number of nitrogens with zero attached hydrogens (tertiary/aromatic N) is 3. The molecule has 2 heterocycles. The number of anilines is 1. The van der Waals surface area contributed by atoms with E-state index in [-0.39, 0.29) is 18.4 Å². The highest BCUT2D eigenvalue weighted by atomic mass is 32.2. The molecule has 1 saturated heterocycles. The minimum absolute atomic E-state index is 0.131. The van der Waals surface area contributed by atoms with Gasteiger partial charge in [0.15, 0.2) is 10.3 Å². The highest BCUT2D eigenvalue weighted by Crippen LogP contribution is 2.30. The predicted molar refractivity (Wildman–Crippen MR) is 107 cm³/mol. The van der Waals surface area contributed by atoms with Gasteiger partial charge in [0.1, 0.15) is 0 Å². The van der Waals surface area contributed by atoms with E-state index < -0.39 is 0 Å². The Hall–Kier alpha value is -2.49. The summed E-state index contributed by atoms with van der Waals surface area (Å²) < 4.78 is 0. The van der Waals surface area contributed by atoms with Crippen LogP contribution in [0.1, 0.15) is 4.88 Å². The van der Waals surface area contributed by atoms with Crippen LogP contribution >= 0.6 is 23.1 Å². The van der Waals surface area contributed by atoms with Crippen molar-refractivity contribution in [2.45, 2.75) is 0 Å². The topological polar surface area (TPSA) is 86.7 Å². The number of aliphatic imine (C=N–C) groups is 1. The predicted octanol–water partition coefficient (Wildman–Crippen LogP) is 2.53. The molecule has 1 aromatic carbocycles. The van der Waals surface area contributed by atoms with Crippen LogP contribution in [0, 0.1) is 0 Å². The van der Waals surface area contributed by atoms with Crippen LogP contribution < -0.4 is 10.6 Å². The van der Waals surface area contributed by atoms with Crippen molar-refractivity contribution in [3.63, 3.8) is 0 Å². The number of carbonyl (C=O) groups is 2. The molecule has 134 valence electrons. The van der Waals surface area contributed by atoms with Gasteiger partial charge in [0.05, 0.1) is 22.0 Å². The fourth-order valence-electron chi connectivity index (χ4n) is 2.09. The van der Waals surface area contributed by atoms with Gasteiger partial charge in [-0.1, -0.05) is 29.5 Å². The minimum Gasteiger partial charge on any atom is -0.301 e. The standard InChI is InChI=1S/C17H17N5O2S2/c1-22(2)10-14(23)20-16-18-9-12(25-16)8-13-15(24)21-17(26-13)19-11-6-4-3-5-7-11/h3-9H,10H2,1-2H3,(H,18,20,23)(H,19,21,24)/b13-8-. The first-order valence-corrected chi connectivity index (χ1v) is 9.38. The molecular weight excluding hydrogens is 370 g/mol. The lowest BCUT2D eigenvalue weighted by molar-refractivity contribution is -0.117. The van der Waals surface area contributed by atoms with Crippen molar-refractivity contribution in [2.75, 3.05) is 26.0 Å². The van der Waals surface area contributed by atoms with Crippen molar-refractivity contribution >= 4 is 57.0 Å². The number of nitrogens with one attached hydrogen (secondary N) is 2. The maximum absolute atomic E-state index is 12.1. The zero-order valence-electron chi connectivity index (χ0n) is 14.2. The van der Waals surface area contributed by atoms with Crippen LogP contribution in [0.4, 0.5) is 10.8 Å². The van der Waals surface area contributed by atoms with Gasteiger partial charge in [0.25, 0.3) is 5.91 Å². The summed E-state index contributed by atoms with van der Waals surface area (Å²) in [5, 5.41) is 6.53. The van der Waals surface area contributed by atoms with Crippen molar-refractivity contribution in [3.8, 4) is 0 Å². The highest BCUT2D eigenvalue weighted by molar-refractivity contribution is 8.18. The number of carbonyl (C=O) groups excluding carboxylic acids is 2. The van der Waals surface area contributed by atoms with Crippen LogP contribution in [0.15, 0.2) is 46.4 Å². The van der Waals surface area contributed by atoms with E-state index in [9.17, 15) is 9.59 Å². The van der Waals surface area contributed by atoms with E-state index in [0.717, 1.165) is 10.6 Å². The SMILES string of the molecule is CN(C)CC(=O)Nc1ncc(/C=C2\S/C(=N\c3ccccc3)NC2=O)s1. The molecule has 0 aliphatic carbocycles. The lowest BCUT2D eigenvalue weighted by Crippen LogP contribution is -2.26. The second-order valence-corrected chi connectivity index (χ2v) is 7.76. The summed E-state index contributed by atoms with van der Waals surface area (Å²) in [5.41, 5.74) is 0.778. The summed E-state index contributed by atoms with van der Waals surface area (Å²) >= 11 is 2.59. The summed E-state index contributed by atoms with van der Waals surface area (Å²) in [6, 6.07) is 9.43. The zero-order valence-corrected chi connectivity index (χ0v) is 15.9. The van der Waals surface area contributed by atoms with Gasteiger partial charge in [-0.05, 0) is 44.1 Å². The number of amides is 2. The van der Waals surface area contributed by atoms with Crippen LogP contribution in [0.25, 0.3) is 6.08 Å². The molecule has 1 fully saturated rings. The van der Waals surface area contributed by atoms with E-state index in [0.29, 0.717) is 15.2 Å². The molecule has 26 heavy (non-hydrogen) atoms. The van der Waals surface area contributed by atoms with Gasteiger partial charge in [-0.25, -0.2) is 9.98 Å². The molecule has 1 aliphatic rings. The molecule has 0 bridgehead atoms. The third-order valence-corrected chi connectivity index (χ3v) is 4.91. The number of para-hydroxylation sites is 1. The number of likely N-dealkylation sites (N-methyl/N-ethyl adjacent to an activating group) is 1. The minimum atomic E-state index is -0.198. The van der Waals surface area contributed by atoms with Gasteiger partial charge >= 0.3 is 0 Å². The van der Waals surface area contributed by atoms with E-state index in [4.69, 9.17) is 0 Å². The number of amidine groups is 1. The number of rotatable bonds is 5. The van der Waals surface area contributed by atoms with Crippen LogP contribution in [0.3, 0.4) is 0 Å². The average molecular weight is 387 g/mol. The van der Waals surface area contributed by atoms with E-state index >= 15 is 0 Å². The Bertz CT molecular complexity index is 874. The Balaban J connectivity index is 1.68. The van der Waals surface area contributed by atoms with E-state index in [1.54, 1.807) is 17.2 Å². The smallest absolute Gasteiger partial charge is 0.264 e. The lowest BCUT2D eigenvalue weighted by atomic mass is 10.3. The second kappa shape index (κ2) is 8.26. The van der Waals surface area contributed by atoms with E-state index in [2.05, 4.69) is 20.6 Å². The summed E-state index contributed by atoms with van der Waals surface area (Å²) in [6.45, 7) is 0.285. The third-order valence-electron chi connectivity index (χ3n) is 3.14. The largest absolute Gasteiger partial charge is 0.301 e. The first-order valence-electron chi connectivity index (χ1n) is 7.74. The van der Waals surface area contributed by atoms with Crippen LogP contribution in [0.2, 0.25) is 0 Å². The number of benzene rings is 1. The van der Waals surface area contributed by atoms with Gasteiger partial charge in [-0.15, -0.1) is 0 Å². The number of aromatic nitrogens is 1. The van der Waals surface area contributed by atoms with Crippen molar-refractivity contribution in [2.24, 2.45) is 4.99 Å². The monoisotopic (exact) mass is 387 g/mol. The molecule has 0 saturated carbocycles. The number of hydrogen-bond acceptors (Lipinski definition) is 7. The van der Waals surface area contributed by atoms with Crippen LogP contribution in [-0.4, -0.2) is 47.5 Å². The maximum atomic E-state index is 12.1. The Morgan fingerprint density at radius 3 is 2.85 bits per heavy atom. The lowest BCUT2D eigenvalue weighted by Gasteiger charge is -2.07. The van der Waals surface area contributed by atoms with Crippen LogP contribution in [-0.2, 0) is 9.59 Å². The molecule has 0 spiro atoms. The normalized spacial score (nSPS) is 17.1. The van der Waals surface area contributed by atoms with Gasteiger partial charge in [0, 0.05) is 6.20 Å². The fraction of sp³-hybridized carbons (Fsp3) is 0.176. The molecule has 0 radical (unpaired) electrons. The quantitative estimate of drug-likeness (QED) is 0.770. The molecule has 1 aromatic heterocycles. The molecule has 9 heteroatoms. The molecule has 1 aliphatic heterocycles. The number of thioether (sulfide) groups is 1. The molecule has 0 unspecified atom stereocenters. The average Bonchev–Trinajstić information content (AvgIpc) is 3.14. The molecule has 2 aromatic rings. The van der Waals surface area contributed by atoms with Crippen molar-refractivity contribution in [3.05, 3.63) is 46.3 Å². The summed E-state index contributed by atoms with van der Waals surface area (Å²) in [6.07, 6.45) is 3.37. The summed E-state index contributed by atoms with van der Waals surface area (Å²) in [7, 11) is 3.64. The molecule has 2 N–H and O–H groups in total. The molecule has 2 amide bonds. The molecule has 3 rings (SSSR count). The maximum Gasteiger partial charge on any atom is 0.264 e. The van der Waals surface area contributed by atoms with E-state index in [1.165, 1.54) is 23.1 Å². The van der Waals surface area contributed by atoms with Crippen molar-refractivity contribution in [1.29, 1.82) is 0 Å². The summed E-state index contributed by atoms with van der Waals surface area (Å²) in [5.74, 6) is -0.329. The summed E-state index contributed by atoms with van der Waals surface area (Å²) in [4.78, 5) is 35.5. The number of hydrogen-bond donors (Lipinski definition) is 2. The van der Waals surface area contributed by atoms with Gasteiger partial charge < -0.3 is 15.5 Å². The highest BCUT2D eigenvalue weighted by Gasteiger charge is 2.24. The second-order valence-electron chi connectivity index (χ2n) is 5.67. The van der Waals surface area contributed by atoms with Gasteiger partial charge in [-0.3, -0.25) is 9.59 Å². The van der Waals surface area contributed by atoms with Crippen molar-refractivity contribution < 1.29 is 9.59 Å². The Morgan fingerprint density at radius 2 is 2.12 bits per heavy atom. The van der Waals surface area contributed by atoms with Gasteiger partial charge in [-0.2, -0.15) is 0 Å². The Labute approximate surface area is 159 Å². The molecule has 0 atom stereocenters. The Morgan fingerprint density at radius 1 is 1.35 bits per heavy atom. The fourth-order valence-corrected chi connectivity index (χ4v) is 3.77. The van der Waals surface area contributed by atoms with Crippen molar-refractivity contribution in [1.82, 2.24) is 15.2 Å². The first kappa shape index (κ1) is 18.3. The number of thiazole rings is 1. The Kier molecular flexibility index (Phi) is 5.82. The molecule has 7 nitrogen and oxygen atoms in total. The third kappa shape index (κ3) is 5.01. The molecular formula is C17H17N5O2S2. The zero-order chi connectivity index (χ0) is 18.5. The van der Waals surface area contributed by atoms with Crippen LogP contribution in [0.5, 0.6) is 0 Å².